The summed E-state index contributed by atoms with van der Waals surface area (Å²) in [6.45, 7) is 1.08. The molecule has 10 heteroatoms. The molecule has 0 aliphatic carbocycles. The third-order valence-corrected chi connectivity index (χ3v) is 6.81. The predicted molar refractivity (Wildman–Crippen MR) is 110 cm³/mol. The highest BCUT2D eigenvalue weighted by Gasteiger charge is 2.24. The lowest BCUT2D eigenvalue weighted by molar-refractivity contribution is 0.313. The summed E-state index contributed by atoms with van der Waals surface area (Å²) < 4.78 is 34.2. The lowest BCUT2D eigenvalue weighted by Gasteiger charge is -2.32. The number of ether oxygens (including phenoxy) is 1. The van der Waals surface area contributed by atoms with Crippen LogP contribution in [0.3, 0.4) is 0 Å². The minimum atomic E-state index is -3.74. The van der Waals surface area contributed by atoms with Crippen molar-refractivity contribution >= 4 is 59.5 Å². The minimum Gasteiger partial charge on any atom is -0.489 e. The van der Waals surface area contributed by atoms with Gasteiger partial charge in [-0.05, 0) is 46.3 Å². The Hall–Kier alpha value is -2.30. The topological polar surface area (TPSA) is 97.5 Å². The SMILES string of the molecule is Nc1ccc(N2CCOc3cc(S(=O)(=O)Nc4nccs4)ccc32)c(Br)c1. The third kappa shape index (κ3) is 3.60. The van der Waals surface area contributed by atoms with E-state index in [1.807, 2.05) is 18.2 Å². The van der Waals surface area contributed by atoms with Gasteiger partial charge >= 0.3 is 0 Å². The van der Waals surface area contributed by atoms with Gasteiger partial charge in [0.2, 0.25) is 0 Å². The van der Waals surface area contributed by atoms with Gasteiger partial charge < -0.3 is 15.4 Å². The van der Waals surface area contributed by atoms with E-state index >= 15 is 0 Å². The van der Waals surface area contributed by atoms with Crippen LogP contribution in [0.1, 0.15) is 0 Å². The van der Waals surface area contributed by atoms with Crippen LogP contribution in [0.4, 0.5) is 22.2 Å². The second-order valence-corrected chi connectivity index (χ2v) is 9.21. The second-order valence-electron chi connectivity index (χ2n) is 5.78. The van der Waals surface area contributed by atoms with Crippen molar-refractivity contribution in [3.63, 3.8) is 0 Å². The molecule has 0 spiro atoms. The maximum Gasteiger partial charge on any atom is 0.263 e. The predicted octanol–water partition coefficient (Wildman–Crippen LogP) is 3.82. The summed E-state index contributed by atoms with van der Waals surface area (Å²) in [6, 6.07) is 10.4. The molecule has 0 radical (unpaired) electrons. The summed E-state index contributed by atoms with van der Waals surface area (Å²) in [7, 11) is -3.74. The number of rotatable bonds is 4. The summed E-state index contributed by atoms with van der Waals surface area (Å²) in [5, 5.41) is 2.02. The summed E-state index contributed by atoms with van der Waals surface area (Å²) in [5.41, 5.74) is 8.21. The molecule has 4 rings (SSSR count). The summed E-state index contributed by atoms with van der Waals surface area (Å²) >= 11 is 4.76. The molecule has 0 bridgehead atoms. The number of aromatic nitrogens is 1. The quantitative estimate of drug-likeness (QED) is 0.567. The van der Waals surface area contributed by atoms with E-state index in [1.54, 1.807) is 23.7 Å². The van der Waals surface area contributed by atoms with Gasteiger partial charge in [-0.15, -0.1) is 11.3 Å². The number of nitrogens with two attached hydrogens (primary N) is 1. The van der Waals surface area contributed by atoms with E-state index in [9.17, 15) is 8.42 Å². The summed E-state index contributed by atoms with van der Waals surface area (Å²) in [5.74, 6) is 0.506. The average molecular weight is 467 g/mol. The van der Waals surface area contributed by atoms with Crippen molar-refractivity contribution in [2.75, 3.05) is 28.5 Å². The standard InChI is InChI=1S/C17H15BrN4O3S2/c18-13-9-11(19)1-3-14(13)22-6-7-25-16-10-12(2-4-15(16)22)27(23,24)21-17-20-5-8-26-17/h1-5,8-10H,6-7,19H2,(H,20,21). The third-order valence-electron chi connectivity index (χ3n) is 4.02. The molecule has 0 fully saturated rings. The van der Waals surface area contributed by atoms with Crippen molar-refractivity contribution in [2.24, 2.45) is 0 Å². The fourth-order valence-electron chi connectivity index (χ4n) is 2.81. The van der Waals surface area contributed by atoms with Gasteiger partial charge in [0, 0.05) is 27.8 Å². The Morgan fingerprint density at radius 3 is 2.78 bits per heavy atom. The van der Waals surface area contributed by atoms with Gasteiger partial charge in [0.05, 0.1) is 22.8 Å². The van der Waals surface area contributed by atoms with Gasteiger partial charge in [-0.3, -0.25) is 4.72 Å². The van der Waals surface area contributed by atoms with Gasteiger partial charge in [-0.1, -0.05) is 0 Å². The Morgan fingerprint density at radius 2 is 2.04 bits per heavy atom. The van der Waals surface area contributed by atoms with E-state index in [1.165, 1.54) is 17.4 Å². The van der Waals surface area contributed by atoms with Crippen LogP contribution < -0.4 is 20.1 Å². The zero-order valence-electron chi connectivity index (χ0n) is 13.9. The van der Waals surface area contributed by atoms with Crippen LogP contribution in [0.25, 0.3) is 0 Å². The van der Waals surface area contributed by atoms with Crippen LogP contribution >= 0.6 is 27.3 Å². The van der Waals surface area contributed by atoms with Crippen molar-refractivity contribution in [3.8, 4) is 5.75 Å². The zero-order valence-corrected chi connectivity index (χ0v) is 17.1. The smallest absolute Gasteiger partial charge is 0.263 e. The van der Waals surface area contributed by atoms with Crippen LogP contribution in [-0.2, 0) is 10.0 Å². The Labute approximate surface area is 169 Å². The van der Waals surface area contributed by atoms with Crippen LogP contribution in [0.5, 0.6) is 5.75 Å². The normalized spacial score (nSPS) is 13.7. The lowest BCUT2D eigenvalue weighted by atomic mass is 10.2. The van der Waals surface area contributed by atoms with E-state index in [-0.39, 0.29) is 4.90 Å². The molecule has 1 aliphatic heterocycles. The lowest BCUT2D eigenvalue weighted by Crippen LogP contribution is -2.29. The van der Waals surface area contributed by atoms with E-state index in [0.29, 0.717) is 29.7 Å². The molecule has 0 saturated carbocycles. The molecule has 1 aromatic heterocycles. The zero-order chi connectivity index (χ0) is 19.0. The Balaban J connectivity index is 1.70. The summed E-state index contributed by atoms with van der Waals surface area (Å²) in [4.78, 5) is 6.14. The maximum absolute atomic E-state index is 12.6. The molecule has 2 aromatic carbocycles. The van der Waals surface area contributed by atoms with Gasteiger partial charge in [0.1, 0.15) is 12.4 Å². The number of nitrogens with zero attached hydrogens (tertiary/aromatic N) is 2. The average Bonchev–Trinajstić information content (AvgIpc) is 3.13. The number of nitrogen functional groups attached to an aromatic ring is 1. The van der Waals surface area contributed by atoms with E-state index < -0.39 is 10.0 Å². The van der Waals surface area contributed by atoms with Gasteiger partial charge in [-0.25, -0.2) is 13.4 Å². The van der Waals surface area contributed by atoms with Crippen LogP contribution in [-0.4, -0.2) is 26.6 Å². The molecule has 0 unspecified atom stereocenters. The van der Waals surface area contributed by atoms with Crippen molar-refractivity contribution in [3.05, 3.63) is 52.4 Å². The van der Waals surface area contributed by atoms with Crippen LogP contribution in [0.15, 0.2) is 57.3 Å². The van der Waals surface area contributed by atoms with Gasteiger partial charge in [0.25, 0.3) is 10.0 Å². The molecule has 3 N–H and O–H groups in total. The van der Waals surface area contributed by atoms with Crippen molar-refractivity contribution in [1.29, 1.82) is 0 Å². The highest BCUT2D eigenvalue weighted by atomic mass is 79.9. The fraction of sp³-hybridized carbons (Fsp3) is 0.118. The van der Waals surface area contributed by atoms with Crippen molar-refractivity contribution < 1.29 is 13.2 Å². The number of sulfonamides is 1. The first-order valence-electron chi connectivity index (χ1n) is 7.96. The highest BCUT2D eigenvalue weighted by Crippen LogP contribution is 2.41. The molecule has 27 heavy (non-hydrogen) atoms. The molecule has 1 aliphatic rings. The first-order valence-corrected chi connectivity index (χ1v) is 11.1. The Kier molecular flexibility index (Phi) is 4.70. The van der Waals surface area contributed by atoms with Gasteiger partial charge in [-0.2, -0.15) is 0 Å². The Bertz CT molecular complexity index is 1090. The number of fused-ring (bicyclic) bond motifs is 1. The largest absolute Gasteiger partial charge is 0.489 e. The van der Waals surface area contributed by atoms with E-state index in [2.05, 4.69) is 30.5 Å². The first kappa shape index (κ1) is 18.1. The number of hydrogen-bond donors (Lipinski definition) is 2. The van der Waals surface area contributed by atoms with E-state index in [4.69, 9.17) is 10.5 Å². The van der Waals surface area contributed by atoms with Crippen LogP contribution in [0, 0.1) is 0 Å². The number of nitrogens with one attached hydrogen (secondary N) is 1. The number of halogens is 1. The molecule has 140 valence electrons. The number of thiazole rings is 1. The molecule has 0 saturated heterocycles. The van der Waals surface area contributed by atoms with Crippen molar-refractivity contribution in [2.45, 2.75) is 4.90 Å². The summed E-state index contributed by atoms with van der Waals surface area (Å²) in [6.07, 6.45) is 1.54. The molecule has 3 aromatic rings. The minimum absolute atomic E-state index is 0.120. The molecule has 0 atom stereocenters. The second kappa shape index (κ2) is 7.02. The number of anilines is 4. The Morgan fingerprint density at radius 1 is 1.22 bits per heavy atom. The molecule has 0 amide bonds. The number of hydrogen-bond acceptors (Lipinski definition) is 7. The number of benzene rings is 2. The van der Waals surface area contributed by atoms with Crippen LogP contribution in [0.2, 0.25) is 0 Å². The molecular weight excluding hydrogens is 452 g/mol. The molecule has 7 nitrogen and oxygen atoms in total. The highest BCUT2D eigenvalue weighted by molar-refractivity contribution is 9.10. The molecule has 2 heterocycles. The first-order chi connectivity index (χ1) is 12.9. The van der Waals surface area contributed by atoms with E-state index in [0.717, 1.165) is 15.8 Å². The maximum atomic E-state index is 12.6. The van der Waals surface area contributed by atoms with Gasteiger partial charge in [0.15, 0.2) is 5.13 Å². The van der Waals surface area contributed by atoms with Crippen molar-refractivity contribution in [1.82, 2.24) is 4.98 Å². The monoisotopic (exact) mass is 466 g/mol. The fourth-order valence-corrected chi connectivity index (χ4v) is 5.22. The molecular formula is C17H15BrN4O3S2.